The second-order valence-corrected chi connectivity index (χ2v) is 4.96. The van der Waals surface area contributed by atoms with E-state index in [9.17, 15) is 10.1 Å². The van der Waals surface area contributed by atoms with Crippen LogP contribution in [0, 0.1) is 22.5 Å². The molecule has 0 bridgehead atoms. The van der Waals surface area contributed by atoms with Crippen molar-refractivity contribution in [2.75, 3.05) is 5.75 Å². The van der Waals surface area contributed by atoms with Crippen LogP contribution in [0.4, 0.5) is 5.88 Å². The standard InChI is InChI=1S/C9H5N3O3S2/c1-2-5-16-9-11-10-8(17-9)6-3-4-7(15-6)12(13)14/h1,3-4H,5H2. The lowest BCUT2D eigenvalue weighted by molar-refractivity contribution is -0.401. The highest BCUT2D eigenvalue weighted by atomic mass is 32.2. The zero-order chi connectivity index (χ0) is 12.3. The van der Waals surface area contributed by atoms with Gasteiger partial charge in [-0.05, 0) is 6.07 Å². The average Bonchev–Trinajstić information content (AvgIpc) is 2.94. The van der Waals surface area contributed by atoms with Gasteiger partial charge in [-0.1, -0.05) is 29.0 Å². The molecule has 17 heavy (non-hydrogen) atoms. The van der Waals surface area contributed by atoms with Crippen molar-refractivity contribution in [3.05, 3.63) is 22.2 Å². The van der Waals surface area contributed by atoms with Gasteiger partial charge in [-0.15, -0.1) is 16.6 Å². The summed E-state index contributed by atoms with van der Waals surface area (Å²) in [5, 5.41) is 18.7. The summed E-state index contributed by atoms with van der Waals surface area (Å²) in [6, 6.07) is 2.78. The monoisotopic (exact) mass is 267 g/mol. The fourth-order valence-electron chi connectivity index (χ4n) is 1.01. The van der Waals surface area contributed by atoms with Gasteiger partial charge in [0.15, 0.2) is 15.1 Å². The molecule has 2 aromatic rings. The third kappa shape index (κ3) is 2.64. The molecule has 0 radical (unpaired) electrons. The molecule has 2 heterocycles. The SMILES string of the molecule is C#CCSc1nnc(-c2ccc([N+](=O)[O-])o2)s1. The van der Waals surface area contributed by atoms with Crippen LogP contribution in [0.15, 0.2) is 20.9 Å². The van der Waals surface area contributed by atoms with Gasteiger partial charge in [0.05, 0.1) is 11.8 Å². The van der Waals surface area contributed by atoms with Gasteiger partial charge in [0.1, 0.15) is 4.92 Å². The number of furan rings is 1. The lowest BCUT2D eigenvalue weighted by Crippen LogP contribution is -1.82. The molecule has 2 aromatic heterocycles. The van der Waals surface area contributed by atoms with Crippen molar-refractivity contribution in [1.29, 1.82) is 0 Å². The van der Waals surface area contributed by atoms with Crippen LogP contribution in [0.5, 0.6) is 0 Å². The van der Waals surface area contributed by atoms with E-state index in [1.54, 1.807) is 0 Å². The Labute approximate surface area is 104 Å². The maximum absolute atomic E-state index is 10.4. The largest absolute Gasteiger partial charge is 0.433 e. The van der Waals surface area contributed by atoms with Crippen LogP contribution in [0.25, 0.3) is 10.8 Å². The van der Waals surface area contributed by atoms with E-state index in [1.807, 2.05) is 0 Å². The Morgan fingerprint density at radius 3 is 3.06 bits per heavy atom. The molecule has 0 aliphatic heterocycles. The van der Waals surface area contributed by atoms with Crippen LogP contribution in [-0.2, 0) is 0 Å². The first-order valence-electron chi connectivity index (χ1n) is 4.35. The van der Waals surface area contributed by atoms with Gasteiger partial charge in [0, 0.05) is 0 Å². The van der Waals surface area contributed by atoms with Gasteiger partial charge in [-0.2, -0.15) is 0 Å². The van der Waals surface area contributed by atoms with E-state index < -0.39 is 4.92 Å². The zero-order valence-electron chi connectivity index (χ0n) is 8.32. The van der Waals surface area contributed by atoms with Crippen molar-refractivity contribution < 1.29 is 9.34 Å². The van der Waals surface area contributed by atoms with E-state index in [4.69, 9.17) is 10.8 Å². The number of nitrogens with zero attached hydrogens (tertiary/aromatic N) is 3. The highest BCUT2D eigenvalue weighted by molar-refractivity contribution is 8.01. The van der Waals surface area contributed by atoms with Crippen molar-refractivity contribution in [3.63, 3.8) is 0 Å². The summed E-state index contributed by atoms with van der Waals surface area (Å²) >= 11 is 2.66. The van der Waals surface area contributed by atoms with E-state index in [-0.39, 0.29) is 5.88 Å². The Bertz CT molecular complexity index is 584. The Morgan fingerprint density at radius 1 is 1.59 bits per heavy atom. The topological polar surface area (TPSA) is 82.1 Å². The van der Waals surface area contributed by atoms with Crippen LogP contribution in [0.2, 0.25) is 0 Å². The number of aromatic nitrogens is 2. The normalized spacial score (nSPS) is 10.1. The minimum absolute atomic E-state index is 0.312. The van der Waals surface area contributed by atoms with Gasteiger partial charge in [0.25, 0.3) is 0 Å². The quantitative estimate of drug-likeness (QED) is 0.366. The maximum atomic E-state index is 10.4. The fraction of sp³-hybridized carbons (Fsp3) is 0.111. The third-order valence-electron chi connectivity index (χ3n) is 1.67. The molecule has 0 saturated heterocycles. The Balaban J connectivity index is 2.19. The molecular weight excluding hydrogens is 262 g/mol. The Morgan fingerprint density at radius 2 is 2.41 bits per heavy atom. The lowest BCUT2D eigenvalue weighted by atomic mass is 10.5. The maximum Gasteiger partial charge on any atom is 0.433 e. The second-order valence-electron chi connectivity index (χ2n) is 2.76. The second kappa shape index (κ2) is 4.99. The van der Waals surface area contributed by atoms with E-state index in [0.717, 1.165) is 0 Å². The Kier molecular flexibility index (Phi) is 3.41. The predicted octanol–water partition coefficient (Wildman–Crippen LogP) is 2.43. The first-order chi connectivity index (χ1) is 8.20. The summed E-state index contributed by atoms with van der Waals surface area (Å²) in [4.78, 5) is 9.85. The molecule has 8 heteroatoms. The summed E-state index contributed by atoms with van der Waals surface area (Å²) in [5.74, 6) is 3.00. The Hall–Kier alpha value is -1.85. The number of rotatable bonds is 4. The lowest BCUT2D eigenvalue weighted by Gasteiger charge is -1.86. The molecule has 2 rings (SSSR count). The predicted molar refractivity (Wildman–Crippen MR) is 63.8 cm³/mol. The number of hydrogen-bond acceptors (Lipinski definition) is 7. The van der Waals surface area contributed by atoms with Crippen LogP contribution >= 0.6 is 23.1 Å². The fourth-order valence-corrected chi connectivity index (χ4v) is 2.51. The average molecular weight is 267 g/mol. The number of nitro groups is 1. The molecule has 0 aromatic carbocycles. The van der Waals surface area contributed by atoms with Crippen molar-refractivity contribution >= 4 is 29.0 Å². The van der Waals surface area contributed by atoms with Crippen LogP contribution in [0.3, 0.4) is 0 Å². The van der Waals surface area contributed by atoms with E-state index in [1.165, 1.54) is 35.2 Å². The molecule has 86 valence electrons. The van der Waals surface area contributed by atoms with Crippen molar-refractivity contribution in [1.82, 2.24) is 10.2 Å². The summed E-state index contributed by atoms with van der Waals surface area (Å²) in [6.45, 7) is 0. The molecule has 0 N–H and O–H groups in total. The number of terminal acetylenes is 1. The molecule has 0 aliphatic rings. The first-order valence-corrected chi connectivity index (χ1v) is 6.15. The molecule has 0 fully saturated rings. The molecule has 0 amide bonds. The molecular formula is C9H5N3O3S2. The van der Waals surface area contributed by atoms with Gasteiger partial charge < -0.3 is 4.42 Å². The van der Waals surface area contributed by atoms with Crippen LogP contribution in [0.1, 0.15) is 0 Å². The molecule has 0 unspecified atom stereocenters. The van der Waals surface area contributed by atoms with E-state index in [0.29, 0.717) is 20.9 Å². The molecule has 0 saturated carbocycles. The van der Waals surface area contributed by atoms with Crippen LogP contribution < -0.4 is 0 Å². The molecule has 6 nitrogen and oxygen atoms in total. The minimum Gasteiger partial charge on any atom is -0.398 e. The summed E-state index contributed by atoms with van der Waals surface area (Å²) in [5.41, 5.74) is 0. The summed E-state index contributed by atoms with van der Waals surface area (Å²) in [7, 11) is 0. The highest BCUT2D eigenvalue weighted by Crippen LogP contribution is 2.31. The highest BCUT2D eigenvalue weighted by Gasteiger charge is 2.16. The van der Waals surface area contributed by atoms with Gasteiger partial charge in [-0.3, -0.25) is 10.1 Å². The number of thioether (sulfide) groups is 1. The minimum atomic E-state index is -0.599. The third-order valence-corrected chi connectivity index (χ3v) is 3.64. The number of hydrogen-bond donors (Lipinski definition) is 0. The van der Waals surface area contributed by atoms with Gasteiger partial charge in [-0.25, -0.2) is 0 Å². The van der Waals surface area contributed by atoms with Crippen LogP contribution in [-0.4, -0.2) is 20.9 Å². The smallest absolute Gasteiger partial charge is 0.398 e. The van der Waals surface area contributed by atoms with Gasteiger partial charge >= 0.3 is 5.88 Å². The zero-order valence-corrected chi connectivity index (χ0v) is 9.96. The van der Waals surface area contributed by atoms with Crippen molar-refractivity contribution in [2.24, 2.45) is 0 Å². The van der Waals surface area contributed by atoms with E-state index in [2.05, 4.69) is 16.1 Å². The molecule has 0 atom stereocenters. The van der Waals surface area contributed by atoms with Crippen molar-refractivity contribution in [3.8, 4) is 23.1 Å². The summed E-state index contributed by atoms with van der Waals surface area (Å²) < 4.78 is 5.71. The summed E-state index contributed by atoms with van der Waals surface area (Å²) in [6.07, 6.45) is 5.12. The first kappa shape index (κ1) is 11.6. The van der Waals surface area contributed by atoms with E-state index >= 15 is 0 Å². The van der Waals surface area contributed by atoms with Gasteiger partial charge in [0.2, 0.25) is 0 Å². The molecule has 0 aliphatic carbocycles. The molecule has 0 spiro atoms. The van der Waals surface area contributed by atoms with Crippen molar-refractivity contribution in [2.45, 2.75) is 4.34 Å².